The van der Waals surface area contributed by atoms with Crippen molar-refractivity contribution in [3.8, 4) is 0 Å². The third kappa shape index (κ3) is 3.04. The summed E-state index contributed by atoms with van der Waals surface area (Å²) in [5, 5.41) is -0.105. The van der Waals surface area contributed by atoms with E-state index in [2.05, 4.69) is 23.8 Å². The summed E-state index contributed by atoms with van der Waals surface area (Å²) in [6.45, 7) is 6.56. The van der Waals surface area contributed by atoms with Gasteiger partial charge >= 0.3 is 0 Å². The van der Waals surface area contributed by atoms with Gasteiger partial charge in [0, 0.05) is 35.5 Å². The van der Waals surface area contributed by atoms with Gasteiger partial charge in [-0.25, -0.2) is 18.4 Å². The molecule has 6 nitrogen and oxygen atoms in total. The number of rotatable bonds is 5. The third-order valence-corrected chi connectivity index (χ3v) is 4.21. The molecule has 0 aliphatic heterocycles. The van der Waals surface area contributed by atoms with Gasteiger partial charge in [-0.1, -0.05) is 6.92 Å². The number of halogens is 1. The molecule has 0 bridgehead atoms. The van der Waals surface area contributed by atoms with E-state index in [1.54, 1.807) is 17.1 Å². The average molecular weight is 317 g/mol. The molecule has 0 spiro atoms. The predicted octanol–water partition coefficient (Wildman–Crippen LogP) is 2.20. The molecule has 110 valence electrons. The van der Waals surface area contributed by atoms with E-state index in [9.17, 15) is 8.42 Å². The van der Waals surface area contributed by atoms with Crippen molar-refractivity contribution in [1.29, 1.82) is 0 Å². The van der Waals surface area contributed by atoms with Crippen LogP contribution in [0, 0.1) is 0 Å². The summed E-state index contributed by atoms with van der Waals surface area (Å²) in [4.78, 5) is 8.20. The van der Waals surface area contributed by atoms with Crippen LogP contribution in [0.2, 0.25) is 0 Å². The molecule has 0 N–H and O–H groups in total. The van der Waals surface area contributed by atoms with E-state index in [1.807, 2.05) is 11.5 Å². The van der Waals surface area contributed by atoms with Crippen molar-refractivity contribution >= 4 is 19.7 Å². The second kappa shape index (κ2) is 5.57. The summed E-state index contributed by atoms with van der Waals surface area (Å²) in [6.07, 6.45) is 5.64. The Labute approximate surface area is 122 Å². The molecule has 0 saturated heterocycles. The maximum absolute atomic E-state index is 11.4. The Hall–Kier alpha value is -1.34. The first-order valence-electron chi connectivity index (χ1n) is 6.34. The van der Waals surface area contributed by atoms with Gasteiger partial charge in [0.2, 0.25) is 0 Å². The van der Waals surface area contributed by atoms with E-state index >= 15 is 0 Å². The third-order valence-electron chi connectivity index (χ3n) is 3.04. The molecular formula is C12H17ClN4O2S. The molecule has 0 radical (unpaired) electrons. The molecule has 0 saturated carbocycles. The van der Waals surface area contributed by atoms with E-state index < -0.39 is 9.05 Å². The zero-order valence-electron chi connectivity index (χ0n) is 11.6. The number of aromatic nitrogens is 4. The van der Waals surface area contributed by atoms with Gasteiger partial charge in [0.1, 0.15) is 5.82 Å². The molecule has 0 aromatic carbocycles. The summed E-state index contributed by atoms with van der Waals surface area (Å²) < 4.78 is 26.6. The van der Waals surface area contributed by atoms with E-state index in [-0.39, 0.29) is 11.1 Å². The first-order chi connectivity index (χ1) is 9.32. The SMILES string of the molecule is CCc1nc(S(=O)(=O)Cl)cn1Cc1cncn1C(C)C. The van der Waals surface area contributed by atoms with Crippen LogP contribution in [0.5, 0.6) is 0 Å². The molecular weight excluding hydrogens is 300 g/mol. The standard InChI is InChI=1S/C12H17ClN4O2S/c1-4-11-15-12(20(13,18)19)7-16(11)6-10-5-14-8-17(10)9(2)3/h5,7-9H,4,6H2,1-3H3. The second-order valence-electron chi connectivity index (χ2n) is 4.80. The molecule has 20 heavy (non-hydrogen) atoms. The normalized spacial score (nSPS) is 12.2. The van der Waals surface area contributed by atoms with Gasteiger partial charge in [-0.15, -0.1) is 0 Å². The fourth-order valence-corrected chi connectivity index (χ4v) is 2.75. The Bertz CT molecular complexity index is 703. The van der Waals surface area contributed by atoms with Crippen molar-refractivity contribution < 1.29 is 8.42 Å². The van der Waals surface area contributed by atoms with Crippen molar-refractivity contribution in [2.45, 2.75) is 44.8 Å². The topological polar surface area (TPSA) is 69.8 Å². The van der Waals surface area contributed by atoms with Gasteiger partial charge in [-0.2, -0.15) is 0 Å². The first kappa shape index (κ1) is 15.1. The Morgan fingerprint density at radius 1 is 1.40 bits per heavy atom. The molecule has 2 aromatic rings. The summed E-state index contributed by atoms with van der Waals surface area (Å²) >= 11 is 0. The molecule has 0 aliphatic carbocycles. The molecule has 0 atom stereocenters. The van der Waals surface area contributed by atoms with Crippen molar-refractivity contribution in [2.75, 3.05) is 0 Å². The summed E-state index contributed by atoms with van der Waals surface area (Å²) in [6, 6.07) is 0.289. The number of aryl methyl sites for hydroxylation is 1. The van der Waals surface area contributed by atoms with E-state index in [4.69, 9.17) is 10.7 Å². The van der Waals surface area contributed by atoms with Crippen molar-refractivity contribution in [2.24, 2.45) is 0 Å². The number of nitrogens with zero attached hydrogens (tertiary/aromatic N) is 4. The second-order valence-corrected chi connectivity index (χ2v) is 7.31. The highest BCUT2D eigenvalue weighted by molar-refractivity contribution is 8.13. The molecule has 0 fully saturated rings. The monoisotopic (exact) mass is 316 g/mol. The van der Waals surface area contributed by atoms with Crippen molar-refractivity contribution in [3.05, 3.63) is 30.2 Å². The van der Waals surface area contributed by atoms with E-state index in [0.29, 0.717) is 18.8 Å². The summed E-state index contributed by atoms with van der Waals surface area (Å²) in [5.74, 6) is 0.681. The fraction of sp³-hybridized carbons (Fsp3) is 0.500. The van der Waals surface area contributed by atoms with Crippen LogP contribution in [-0.2, 0) is 22.0 Å². The number of imidazole rings is 2. The van der Waals surface area contributed by atoms with Crippen LogP contribution in [0.3, 0.4) is 0 Å². The van der Waals surface area contributed by atoms with Crippen molar-refractivity contribution in [1.82, 2.24) is 19.1 Å². The Morgan fingerprint density at radius 2 is 2.10 bits per heavy atom. The minimum absolute atomic E-state index is 0.105. The fourth-order valence-electron chi connectivity index (χ4n) is 2.06. The predicted molar refractivity (Wildman–Crippen MR) is 76.4 cm³/mol. The van der Waals surface area contributed by atoms with E-state index in [1.165, 1.54) is 6.20 Å². The minimum Gasteiger partial charge on any atom is -0.330 e. The molecule has 8 heteroatoms. The van der Waals surface area contributed by atoms with Crippen LogP contribution in [-0.4, -0.2) is 27.5 Å². The van der Waals surface area contributed by atoms with E-state index in [0.717, 1.165) is 5.69 Å². The van der Waals surface area contributed by atoms with Gasteiger partial charge < -0.3 is 9.13 Å². The van der Waals surface area contributed by atoms with Gasteiger partial charge in [0.05, 0.1) is 18.6 Å². The largest absolute Gasteiger partial charge is 0.330 e. The van der Waals surface area contributed by atoms with Gasteiger partial charge in [0.25, 0.3) is 9.05 Å². The van der Waals surface area contributed by atoms with Gasteiger partial charge in [-0.05, 0) is 13.8 Å². The number of hydrogen-bond donors (Lipinski definition) is 0. The lowest BCUT2D eigenvalue weighted by Crippen LogP contribution is -2.10. The Kier molecular flexibility index (Phi) is 4.19. The first-order valence-corrected chi connectivity index (χ1v) is 8.65. The Morgan fingerprint density at radius 3 is 2.65 bits per heavy atom. The Balaban J connectivity index is 2.38. The minimum atomic E-state index is -3.80. The highest BCUT2D eigenvalue weighted by Gasteiger charge is 2.18. The van der Waals surface area contributed by atoms with Crippen LogP contribution in [0.1, 0.15) is 38.3 Å². The zero-order valence-corrected chi connectivity index (χ0v) is 13.2. The molecule has 0 amide bonds. The maximum Gasteiger partial charge on any atom is 0.280 e. The van der Waals surface area contributed by atoms with Gasteiger partial charge in [-0.3, -0.25) is 0 Å². The molecule has 2 aromatic heterocycles. The van der Waals surface area contributed by atoms with Crippen LogP contribution in [0.15, 0.2) is 23.7 Å². The lowest BCUT2D eigenvalue weighted by Gasteiger charge is -2.13. The van der Waals surface area contributed by atoms with Crippen LogP contribution in [0.25, 0.3) is 0 Å². The highest BCUT2D eigenvalue weighted by atomic mass is 35.7. The lowest BCUT2D eigenvalue weighted by molar-refractivity contribution is 0.556. The molecule has 0 aliphatic rings. The highest BCUT2D eigenvalue weighted by Crippen LogP contribution is 2.17. The van der Waals surface area contributed by atoms with Crippen molar-refractivity contribution in [3.63, 3.8) is 0 Å². The lowest BCUT2D eigenvalue weighted by atomic mass is 10.3. The molecule has 2 heterocycles. The van der Waals surface area contributed by atoms with Crippen LogP contribution >= 0.6 is 10.7 Å². The van der Waals surface area contributed by atoms with Gasteiger partial charge in [0.15, 0.2) is 5.03 Å². The molecule has 2 rings (SSSR count). The molecule has 0 unspecified atom stereocenters. The smallest absolute Gasteiger partial charge is 0.280 e. The quantitative estimate of drug-likeness (QED) is 0.793. The van der Waals surface area contributed by atoms with Crippen LogP contribution < -0.4 is 0 Å². The average Bonchev–Trinajstić information content (AvgIpc) is 2.95. The summed E-state index contributed by atoms with van der Waals surface area (Å²) in [7, 11) is 1.54. The maximum atomic E-state index is 11.4. The number of hydrogen-bond acceptors (Lipinski definition) is 4. The van der Waals surface area contributed by atoms with Crippen LogP contribution in [0.4, 0.5) is 0 Å². The summed E-state index contributed by atoms with van der Waals surface area (Å²) in [5.41, 5.74) is 0.991. The zero-order chi connectivity index (χ0) is 14.9.